The molecule has 98 valence electrons. The molecule has 2 unspecified atom stereocenters. The molecule has 1 N–H and O–H groups in total. The molecule has 1 saturated heterocycles. The lowest BCUT2D eigenvalue weighted by Gasteiger charge is -2.40. The molecule has 0 aromatic heterocycles. The normalized spacial score (nSPS) is 29.1. The summed E-state index contributed by atoms with van der Waals surface area (Å²) in [4.78, 5) is 2.57. The summed E-state index contributed by atoms with van der Waals surface area (Å²) in [6, 6.07) is 9.10. The molecule has 3 atom stereocenters. The maximum Gasteiger partial charge on any atom is 0.0781 e. The average molecular weight is 245 g/mol. The van der Waals surface area contributed by atoms with E-state index in [1.165, 1.54) is 37.8 Å². The van der Waals surface area contributed by atoms with E-state index in [0.717, 1.165) is 24.1 Å². The maximum absolute atomic E-state index is 9.95. The van der Waals surface area contributed by atoms with Crippen molar-refractivity contribution in [3.05, 3.63) is 29.8 Å². The Bertz CT molecular complexity index is 415. The van der Waals surface area contributed by atoms with E-state index in [9.17, 15) is 5.11 Å². The summed E-state index contributed by atoms with van der Waals surface area (Å²) in [5, 5.41) is 9.95. The van der Waals surface area contributed by atoms with Gasteiger partial charge in [0.05, 0.1) is 6.10 Å². The Morgan fingerprint density at radius 3 is 2.78 bits per heavy atom. The highest BCUT2D eigenvalue weighted by atomic mass is 16.3. The number of benzene rings is 1. The third-order valence-corrected chi connectivity index (χ3v) is 4.69. The summed E-state index contributed by atoms with van der Waals surface area (Å²) in [6.07, 6.45) is 6.44. The molecule has 2 aliphatic rings. The van der Waals surface area contributed by atoms with Crippen LogP contribution in [0, 0.1) is 5.92 Å². The van der Waals surface area contributed by atoms with E-state index in [1.54, 1.807) is 0 Å². The van der Waals surface area contributed by atoms with E-state index < -0.39 is 0 Å². The molecule has 18 heavy (non-hydrogen) atoms. The van der Waals surface area contributed by atoms with E-state index in [-0.39, 0.29) is 6.10 Å². The van der Waals surface area contributed by atoms with Gasteiger partial charge in [0.1, 0.15) is 0 Å². The van der Waals surface area contributed by atoms with Gasteiger partial charge < -0.3 is 10.0 Å². The molecule has 0 bridgehead atoms. The first-order valence-electron chi connectivity index (χ1n) is 7.31. The highest BCUT2D eigenvalue weighted by molar-refractivity contribution is 5.56. The van der Waals surface area contributed by atoms with Gasteiger partial charge in [-0.2, -0.15) is 0 Å². The molecule has 0 amide bonds. The monoisotopic (exact) mass is 245 g/mol. The zero-order valence-electron chi connectivity index (χ0n) is 11.2. The van der Waals surface area contributed by atoms with Crippen molar-refractivity contribution in [3.8, 4) is 0 Å². The van der Waals surface area contributed by atoms with Crippen molar-refractivity contribution in [2.45, 2.75) is 51.2 Å². The van der Waals surface area contributed by atoms with Gasteiger partial charge in [0, 0.05) is 23.8 Å². The lowest BCUT2D eigenvalue weighted by molar-refractivity contribution is 0.199. The predicted molar refractivity (Wildman–Crippen MR) is 74.8 cm³/mol. The number of hydrogen-bond acceptors (Lipinski definition) is 2. The second-order valence-electron chi connectivity index (χ2n) is 5.83. The standard InChI is InChI=1S/C16H23NO/c1-12(18)14-8-2-3-9-16(14)17-11-5-7-13-6-4-10-15(13)17/h2-3,8-9,12-13,15,18H,4-7,10-11H2,1H3/t12-,13?,15?/m0/s1. The Kier molecular flexibility index (Phi) is 3.29. The highest BCUT2D eigenvalue weighted by Crippen LogP contribution is 2.40. The Morgan fingerprint density at radius 2 is 1.94 bits per heavy atom. The zero-order chi connectivity index (χ0) is 12.5. The minimum absolute atomic E-state index is 0.372. The SMILES string of the molecule is C[C@H](O)c1ccccc1N1CCCC2CCCC21. The minimum atomic E-state index is -0.372. The molecule has 2 fully saturated rings. The average Bonchev–Trinajstić information content (AvgIpc) is 2.86. The van der Waals surface area contributed by atoms with Gasteiger partial charge in [0.15, 0.2) is 0 Å². The van der Waals surface area contributed by atoms with E-state index in [0.29, 0.717) is 0 Å². The predicted octanol–water partition coefficient (Wildman–Crippen LogP) is 3.51. The number of aliphatic hydroxyl groups is 1. The van der Waals surface area contributed by atoms with Crippen molar-refractivity contribution in [2.75, 3.05) is 11.4 Å². The van der Waals surface area contributed by atoms with Gasteiger partial charge in [0.2, 0.25) is 0 Å². The van der Waals surface area contributed by atoms with Crippen LogP contribution in [0.15, 0.2) is 24.3 Å². The van der Waals surface area contributed by atoms with Crippen molar-refractivity contribution >= 4 is 5.69 Å². The van der Waals surface area contributed by atoms with Crippen LogP contribution in [0.1, 0.15) is 50.7 Å². The molecule has 2 heteroatoms. The molecule has 1 aliphatic carbocycles. The van der Waals surface area contributed by atoms with Crippen molar-refractivity contribution < 1.29 is 5.11 Å². The summed E-state index contributed by atoms with van der Waals surface area (Å²) in [6.45, 7) is 3.03. The Morgan fingerprint density at radius 1 is 1.17 bits per heavy atom. The number of rotatable bonds is 2. The molecular formula is C16H23NO. The number of fused-ring (bicyclic) bond motifs is 1. The molecular weight excluding hydrogens is 222 g/mol. The highest BCUT2D eigenvalue weighted by Gasteiger charge is 2.35. The summed E-state index contributed by atoms with van der Waals surface area (Å²) in [5.74, 6) is 0.890. The topological polar surface area (TPSA) is 23.5 Å². The van der Waals surface area contributed by atoms with E-state index in [1.807, 2.05) is 13.0 Å². The van der Waals surface area contributed by atoms with Crippen LogP contribution in [0.4, 0.5) is 5.69 Å². The zero-order valence-corrected chi connectivity index (χ0v) is 11.2. The fourth-order valence-corrected chi connectivity index (χ4v) is 3.86. The Hall–Kier alpha value is -1.02. The third kappa shape index (κ3) is 2.03. The lowest BCUT2D eigenvalue weighted by Crippen LogP contribution is -2.43. The molecule has 0 radical (unpaired) electrons. The van der Waals surface area contributed by atoms with E-state index in [4.69, 9.17) is 0 Å². The second kappa shape index (κ2) is 4.93. The Labute approximate surface area is 110 Å². The van der Waals surface area contributed by atoms with Gasteiger partial charge in [-0.3, -0.25) is 0 Å². The van der Waals surface area contributed by atoms with E-state index in [2.05, 4.69) is 23.1 Å². The maximum atomic E-state index is 9.95. The summed E-state index contributed by atoms with van der Waals surface area (Å²) < 4.78 is 0. The number of anilines is 1. The molecule has 1 aromatic rings. The van der Waals surface area contributed by atoms with Gasteiger partial charge in [0.25, 0.3) is 0 Å². The summed E-state index contributed by atoms with van der Waals surface area (Å²) in [5.41, 5.74) is 2.36. The minimum Gasteiger partial charge on any atom is -0.389 e. The fraction of sp³-hybridized carbons (Fsp3) is 0.625. The summed E-state index contributed by atoms with van der Waals surface area (Å²) in [7, 11) is 0. The van der Waals surface area contributed by atoms with Crippen LogP contribution < -0.4 is 4.90 Å². The molecule has 2 nitrogen and oxygen atoms in total. The van der Waals surface area contributed by atoms with Crippen LogP contribution in [0.25, 0.3) is 0 Å². The van der Waals surface area contributed by atoms with Crippen LogP contribution in [0.2, 0.25) is 0 Å². The van der Waals surface area contributed by atoms with Crippen molar-refractivity contribution in [3.63, 3.8) is 0 Å². The van der Waals surface area contributed by atoms with Crippen LogP contribution in [0.3, 0.4) is 0 Å². The quantitative estimate of drug-likeness (QED) is 0.862. The van der Waals surface area contributed by atoms with Crippen molar-refractivity contribution in [2.24, 2.45) is 5.92 Å². The van der Waals surface area contributed by atoms with Gasteiger partial charge in [-0.15, -0.1) is 0 Å². The van der Waals surface area contributed by atoms with Gasteiger partial charge >= 0.3 is 0 Å². The number of aliphatic hydroxyl groups excluding tert-OH is 1. The molecule has 0 spiro atoms. The first kappa shape index (κ1) is 12.0. The van der Waals surface area contributed by atoms with Crippen LogP contribution in [-0.2, 0) is 0 Å². The molecule has 1 aromatic carbocycles. The number of para-hydroxylation sites is 1. The third-order valence-electron chi connectivity index (χ3n) is 4.69. The largest absolute Gasteiger partial charge is 0.389 e. The number of hydrogen-bond donors (Lipinski definition) is 1. The molecule has 1 aliphatic heterocycles. The molecule has 1 saturated carbocycles. The van der Waals surface area contributed by atoms with Crippen LogP contribution in [-0.4, -0.2) is 17.7 Å². The van der Waals surface area contributed by atoms with Gasteiger partial charge in [-0.1, -0.05) is 24.6 Å². The van der Waals surface area contributed by atoms with Gasteiger partial charge in [-0.25, -0.2) is 0 Å². The van der Waals surface area contributed by atoms with Crippen molar-refractivity contribution in [1.82, 2.24) is 0 Å². The number of piperidine rings is 1. The van der Waals surface area contributed by atoms with E-state index >= 15 is 0 Å². The first-order chi connectivity index (χ1) is 8.77. The summed E-state index contributed by atoms with van der Waals surface area (Å²) >= 11 is 0. The van der Waals surface area contributed by atoms with Crippen molar-refractivity contribution in [1.29, 1.82) is 0 Å². The second-order valence-corrected chi connectivity index (χ2v) is 5.83. The smallest absolute Gasteiger partial charge is 0.0781 e. The molecule has 3 rings (SSSR count). The lowest BCUT2D eigenvalue weighted by atomic mass is 9.90. The van der Waals surface area contributed by atoms with Crippen LogP contribution >= 0.6 is 0 Å². The fourth-order valence-electron chi connectivity index (χ4n) is 3.86. The first-order valence-corrected chi connectivity index (χ1v) is 7.31. The van der Waals surface area contributed by atoms with Gasteiger partial charge in [-0.05, 0) is 44.6 Å². The van der Waals surface area contributed by atoms with Crippen LogP contribution in [0.5, 0.6) is 0 Å². The Balaban J connectivity index is 1.93. The number of nitrogens with zero attached hydrogens (tertiary/aromatic N) is 1. The molecule has 1 heterocycles.